The van der Waals surface area contributed by atoms with Crippen LogP contribution in [0.3, 0.4) is 0 Å². The molecule has 7 nitrogen and oxygen atoms in total. The van der Waals surface area contributed by atoms with E-state index in [0.717, 1.165) is 12.1 Å². The highest BCUT2D eigenvalue weighted by Gasteiger charge is 2.30. The van der Waals surface area contributed by atoms with Crippen LogP contribution in [-0.2, 0) is 0 Å². The quantitative estimate of drug-likeness (QED) is 0.577. The number of benzene rings is 2. The van der Waals surface area contributed by atoms with Crippen LogP contribution in [0.15, 0.2) is 48.5 Å². The van der Waals surface area contributed by atoms with Gasteiger partial charge in [0, 0.05) is 24.3 Å². The highest BCUT2D eigenvalue weighted by atomic mass is 19.4. The molecule has 0 saturated heterocycles. The van der Waals surface area contributed by atoms with E-state index < -0.39 is 18.1 Å². The first-order chi connectivity index (χ1) is 12.7. The molecule has 0 heterocycles. The smallest absolute Gasteiger partial charge is 0.508 e. The van der Waals surface area contributed by atoms with Gasteiger partial charge in [-0.1, -0.05) is 0 Å². The van der Waals surface area contributed by atoms with Crippen LogP contribution in [0.25, 0.3) is 0 Å². The van der Waals surface area contributed by atoms with Gasteiger partial charge in [-0.25, -0.2) is 4.79 Å². The molecule has 27 heavy (non-hydrogen) atoms. The Morgan fingerprint density at radius 3 is 2.11 bits per heavy atom. The van der Waals surface area contributed by atoms with Crippen molar-refractivity contribution in [2.45, 2.75) is 6.36 Å². The summed E-state index contributed by atoms with van der Waals surface area (Å²) in [5, 5.41) is 16.7. The van der Waals surface area contributed by atoms with Crippen LogP contribution < -0.4 is 20.7 Å². The molecule has 0 spiro atoms. The molecule has 144 valence electrons. The first-order valence-electron chi connectivity index (χ1n) is 7.71. The van der Waals surface area contributed by atoms with Gasteiger partial charge in [0.2, 0.25) is 0 Å². The summed E-state index contributed by atoms with van der Waals surface area (Å²) in [5.41, 5.74) is 0.633. The number of carbonyl (C=O) groups excluding carboxylic acids is 2. The fourth-order valence-corrected chi connectivity index (χ4v) is 1.98. The number of ether oxygens (including phenoxy) is 1. The number of hydrogen-bond donors (Lipinski definition) is 4. The van der Waals surface area contributed by atoms with Gasteiger partial charge in [0.15, 0.2) is 0 Å². The number of anilines is 1. The number of hydrogen-bond acceptors (Lipinski definition) is 4. The lowest BCUT2D eigenvalue weighted by Gasteiger charge is -2.11. The maximum absolute atomic E-state index is 12.1. The minimum absolute atomic E-state index is 0.0443. The third kappa shape index (κ3) is 7.14. The fraction of sp³-hybridized carbons (Fsp3) is 0.176. The molecule has 0 bridgehead atoms. The van der Waals surface area contributed by atoms with E-state index in [4.69, 9.17) is 5.11 Å². The van der Waals surface area contributed by atoms with Gasteiger partial charge in [0.1, 0.15) is 11.5 Å². The molecule has 0 aromatic heterocycles. The number of urea groups is 1. The highest BCUT2D eigenvalue weighted by Crippen LogP contribution is 2.23. The van der Waals surface area contributed by atoms with Crippen molar-refractivity contribution >= 4 is 17.6 Å². The SMILES string of the molecule is O=C(NCCNC(=O)c1ccc(O)cc1)Nc1ccc(OC(F)(F)F)cc1. The standard InChI is InChI=1S/C17H16F3N3O4/c18-17(19,20)27-14-7-3-12(4-8-14)23-16(26)22-10-9-21-15(25)11-1-5-13(24)6-2-11/h1-8,24H,9-10H2,(H,21,25)(H2,22,23,26). The molecule has 2 aromatic carbocycles. The molecular formula is C17H16F3N3O4. The molecule has 0 radical (unpaired) electrons. The van der Waals surface area contributed by atoms with Gasteiger partial charge in [0.25, 0.3) is 5.91 Å². The van der Waals surface area contributed by atoms with E-state index in [9.17, 15) is 22.8 Å². The van der Waals surface area contributed by atoms with Gasteiger partial charge in [-0.15, -0.1) is 13.2 Å². The van der Waals surface area contributed by atoms with E-state index in [-0.39, 0.29) is 30.4 Å². The zero-order valence-electron chi connectivity index (χ0n) is 13.8. The van der Waals surface area contributed by atoms with Crippen molar-refractivity contribution in [3.8, 4) is 11.5 Å². The first kappa shape index (κ1) is 19.9. The number of carbonyl (C=O) groups is 2. The molecule has 0 fully saturated rings. The summed E-state index contributed by atoms with van der Waals surface area (Å²) in [5.74, 6) is -0.717. The predicted octanol–water partition coefficient (Wildman–Crippen LogP) is 2.84. The molecule has 0 aliphatic heterocycles. The van der Waals surface area contributed by atoms with Crippen LogP contribution in [0.2, 0.25) is 0 Å². The summed E-state index contributed by atoms with van der Waals surface area (Å²) in [7, 11) is 0. The predicted molar refractivity (Wildman–Crippen MR) is 90.6 cm³/mol. The summed E-state index contributed by atoms with van der Waals surface area (Å²) in [6, 6.07) is 9.74. The number of halogens is 3. The molecule has 0 atom stereocenters. The molecule has 0 unspecified atom stereocenters. The molecule has 0 aliphatic carbocycles. The third-order valence-corrected chi connectivity index (χ3v) is 3.17. The lowest BCUT2D eigenvalue weighted by molar-refractivity contribution is -0.274. The second-order valence-corrected chi connectivity index (χ2v) is 5.26. The lowest BCUT2D eigenvalue weighted by atomic mass is 10.2. The van der Waals surface area contributed by atoms with Crippen LogP contribution in [0, 0.1) is 0 Å². The van der Waals surface area contributed by atoms with Crippen LogP contribution in [0.1, 0.15) is 10.4 Å². The number of aromatic hydroxyl groups is 1. The van der Waals surface area contributed by atoms with Gasteiger partial charge in [0.05, 0.1) is 0 Å². The zero-order chi connectivity index (χ0) is 19.9. The molecule has 2 aromatic rings. The number of alkyl halides is 3. The Balaban J connectivity index is 1.70. The second kappa shape index (κ2) is 8.79. The summed E-state index contributed by atoms with van der Waals surface area (Å²) in [6.45, 7) is 0.288. The van der Waals surface area contributed by atoms with Crippen LogP contribution in [0.5, 0.6) is 11.5 Å². The van der Waals surface area contributed by atoms with Gasteiger partial charge in [-0.05, 0) is 48.5 Å². The molecule has 2 rings (SSSR count). The molecule has 0 saturated carbocycles. The summed E-state index contributed by atoms with van der Waals surface area (Å²) >= 11 is 0. The molecule has 3 amide bonds. The zero-order valence-corrected chi connectivity index (χ0v) is 13.8. The molecule has 4 N–H and O–H groups in total. The Kier molecular flexibility index (Phi) is 6.47. The first-order valence-corrected chi connectivity index (χ1v) is 7.71. The van der Waals surface area contributed by atoms with Gasteiger partial charge >= 0.3 is 12.4 Å². The summed E-state index contributed by atoms with van der Waals surface area (Å²) in [6.07, 6.45) is -4.78. The number of amides is 3. The Labute approximate surface area is 152 Å². The maximum Gasteiger partial charge on any atom is 0.573 e. The molecular weight excluding hydrogens is 367 g/mol. The average molecular weight is 383 g/mol. The number of phenolic OH excluding ortho intramolecular Hbond substituents is 1. The minimum atomic E-state index is -4.78. The van der Waals surface area contributed by atoms with Crippen LogP contribution in [0.4, 0.5) is 23.7 Å². The van der Waals surface area contributed by atoms with E-state index >= 15 is 0 Å². The maximum atomic E-state index is 12.1. The number of rotatable bonds is 6. The minimum Gasteiger partial charge on any atom is -0.508 e. The van der Waals surface area contributed by atoms with Crippen molar-refractivity contribution in [1.82, 2.24) is 10.6 Å². The van der Waals surface area contributed by atoms with Crippen molar-refractivity contribution in [3.63, 3.8) is 0 Å². The van der Waals surface area contributed by atoms with Crippen LogP contribution in [-0.4, -0.2) is 36.5 Å². The second-order valence-electron chi connectivity index (χ2n) is 5.26. The summed E-state index contributed by atoms with van der Waals surface area (Å²) in [4.78, 5) is 23.5. The van der Waals surface area contributed by atoms with Gasteiger partial charge in [-0.2, -0.15) is 0 Å². The largest absolute Gasteiger partial charge is 0.573 e. The topological polar surface area (TPSA) is 99.7 Å². The van der Waals surface area contributed by atoms with E-state index in [1.807, 2.05) is 0 Å². The third-order valence-electron chi connectivity index (χ3n) is 3.17. The van der Waals surface area contributed by atoms with Crippen molar-refractivity contribution in [2.75, 3.05) is 18.4 Å². The molecule has 10 heteroatoms. The van der Waals surface area contributed by atoms with Gasteiger partial charge < -0.3 is 25.8 Å². The van der Waals surface area contributed by atoms with Crippen molar-refractivity contribution in [1.29, 1.82) is 0 Å². The average Bonchev–Trinajstić information content (AvgIpc) is 2.59. The van der Waals surface area contributed by atoms with Crippen molar-refractivity contribution in [3.05, 3.63) is 54.1 Å². The fourth-order valence-electron chi connectivity index (χ4n) is 1.98. The Hall–Kier alpha value is -3.43. The highest BCUT2D eigenvalue weighted by molar-refractivity contribution is 5.94. The Morgan fingerprint density at radius 1 is 0.926 bits per heavy atom. The van der Waals surface area contributed by atoms with E-state index in [1.54, 1.807) is 0 Å². The van der Waals surface area contributed by atoms with Crippen LogP contribution >= 0.6 is 0 Å². The number of phenols is 1. The Bertz CT molecular complexity index is 778. The van der Waals surface area contributed by atoms with E-state index in [2.05, 4.69) is 20.7 Å². The lowest BCUT2D eigenvalue weighted by Crippen LogP contribution is -2.36. The molecule has 0 aliphatic rings. The summed E-state index contributed by atoms with van der Waals surface area (Å²) < 4.78 is 39.9. The Morgan fingerprint density at radius 2 is 1.52 bits per heavy atom. The van der Waals surface area contributed by atoms with Crippen molar-refractivity contribution in [2.24, 2.45) is 0 Å². The van der Waals surface area contributed by atoms with Gasteiger partial charge in [-0.3, -0.25) is 4.79 Å². The van der Waals surface area contributed by atoms with Crippen molar-refractivity contribution < 1.29 is 32.6 Å². The monoisotopic (exact) mass is 383 g/mol. The van der Waals surface area contributed by atoms with E-state index in [1.165, 1.54) is 36.4 Å². The normalized spacial score (nSPS) is 10.8. The van der Waals surface area contributed by atoms with E-state index in [0.29, 0.717) is 5.56 Å². The number of nitrogens with one attached hydrogen (secondary N) is 3.